The Balaban J connectivity index is 2.17. The summed E-state index contributed by atoms with van der Waals surface area (Å²) in [6.45, 7) is 2.88. The predicted octanol–water partition coefficient (Wildman–Crippen LogP) is 2.29. The number of hydrogen-bond acceptors (Lipinski definition) is 4. The largest absolute Gasteiger partial charge is 0.493 e. The molecule has 0 saturated heterocycles. The molecule has 0 aromatic carbocycles. The lowest BCUT2D eigenvalue weighted by Gasteiger charge is -2.41. The van der Waals surface area contributed by atoms with Crippen molar-refractivity contribution in [2.24, 2.45) is 0 Å². The molecule has 5 nitrogen and oxygen atoms in total. The molecule has 0 amide bonds. The highest BCUT2D eigenvalue weighted by molar-refractivity contribution is 5.27. The van der Waals surface area contributed by atoms with Crippen molar-refractivity contribution in [3.63, 3.8) is 0 Å². The summed E-state index contributed by atoms with van der Waals surface area (Å²) in [5.74, 6) is 0.659. The SMILES string of the molecule is CCCn1ncc(OC)c1C(O)CC1(OC)CCC1. The van der Waals surface area contributed by atoms with Crippen molar-refractivity contribution < 1.29 is 14.6 Å². The molecule has 1 unspecified atom stereocenters. The number of hydrogen-bond donors (Lipinski definition) is 1. The van der Waals surface area contributed by atoms with Gasteiger partial charge in [-0.1, -0.05) is 6.92 Å². The van der Waals surface area contributed by atoms with Crippen molar-refractivity contribution in [1.82, 2.24) is 9.78 Å². The van der Waals surface area contributed by atoms with Gasteiger partial charge in [0.1, 0.15) is 11.8 Å². The monoisotopic (exact) mass is 268 g/mol. The second-order valence-corrected chi connectivity index (χ2v) is 5.28. The number of ether oxygens (including phenoxy) is 2. The van der Waals surface area contributed by atoms with Crippen LogP contribution in [0, 0.1) is 0 Å². The van der Waals surface area contributed by atoms with Crippen LogP contribution in [0.2, 0.25) is 0 Å². The molecule has 1 aliphatic rings. The van der Waals surface area contributed by atoms with Gasteiger partial charge >= 0.3 is 0 Å². The Kier molecular flexibility index (Phi) is 4.47. The third-order valence-corrected chi connectivity index (χ3v) is 4.08. The molecule has 0 spiro atoms. The van der Waals surface area contributed by atoms with Gasteiger partial charge in [-0.2, -0.15) is 5.10 Å². The zero-order valence-corrected chi connectivity index (χ0v) is 12.1. The maximum atomic E-state index is 10.5. The molecule has 1 saturated carbocycles. The quantitative estimate of drug-likeness (QED) is 0.824. The molecule has 1 heterocycles. The molecule has 5 heteroatoms. The summed E-state index contributed by atoms with van der Waals surface area (Å²) in [7, 11) is 3.34. The minimum Gasteiger partial charge on any atom is -0.493 e. The zero-order chi connectivity index (χ0) is 13.9. The summed E-state index contributed by atoms with van der Waals surface area (Å²) in [4.78, 5) is 0. The first-order valence-corrected chi connectivity index (χ1v) is 6.98. The summed E-state index contributed by atoms with van der Waals surface area (Å²) in [6.07, 6.45) is 5.87. The molecule has 108 valence electrons. The fourth-order valence-corrected chi connectivity index (χ4v) is 2.77. The van der Waals surface area contributed by atoms with Crippen molar-refractivity contribution in [2.75, 3.05) is 14.2 Å². The molecule has 1 atom stereocenters. The van der Waals surface area contributed by atoms with Gasteiger partial charge in [0.05, 0.1) is 18.9 Å². The van der Waals surface area contributed by atoms with Crippen molar-refractivity contribution in [2.45, 2.75) is 57.3 Å². The number of nitrogens with zero attached hydrogens (tertiary/aromatic N) is 2. The van der Waals surface area contributed by atoms with E-state index in [1.165, 1.54) is 6.42 Å². The van der Waals surface area contributed by atoms with Gasteiger partial charge in [0.2, 0.25) is 0 Å². The molecule has 0 aliphatic heterocycles. The lowest BCUT2D eigenvalue weighted by Crippen LogP contribution is -2.40. The van der Waals surface area contributed by atoms with Crippen LogP contribution in [0.25, 0.3) is 0 Å². The third kappa shape index (κ3) is 2.77. The van der Waals surface area contributed by atoms with Gasteiger partial charge in [-0.3, -0.25) is 4.68 Å². The van der Waals surface area contributed by atoms with Crippen molar-refractivity contribution >= 4 is 0 Å². The number of aliphatic hydroxyl groups excluding tert-OH is 1. The van der Waals surface area contributed by atoms with E-state index in [4.69, 9.17) is 9.47 Å². The van der Waals surface area contributed by atoms with Crippen LogP contribution in [0.3, 0.4) is 0 Å². The standard InChI is InChI=1S/C14H24N2O3/c1-4-8-16-13(12(18-2)10-15-16)11(17)9-14(19-3)6-5-7-14/h10-11,17H,4-9H2,1-3H3. The smallest absolute Gasteiger partial charge is 0.162 e. The summed E-state index contributed by atoms with van der Waals surface area (Å²) in [5.41, 5.74) is 0.610. The van der Waals surface area contributed by atoms with Crippen molar-refractivity contribution in [3.05, 3.63) is 11.9 Å². The Hall–Kier alpha value is -1.07. The number of aromatic nitrogens is 2. The van der Waals surface area contributed by atoms with Gasteiger partial charge in [0.25, 0.3) is 0 Å². The van der Waals surface area contributed by atoms with Gasteiger partial charge in [-0.25, -0.2) is 0 Å². The lowest BCUT2D eigenvalue weighted by molar-refractivity contribution is -0.101. The van der Waals surface area contributed by atoms with Crippen molar-refractivity contribution in [3.8, 4) is 5.75 Å². The van der Waals surface area contributed by atoms with Gasteiger partial charge in [0.15, 0.2) is 5.75 Å². The van der Waals surface area contributed by atoms with Crippen LogP contribution in [-0.2, 0) is 11.3 Å². The number of aryl methyl sites for hydroxylation is 1. The summed E-state index contributed by atoms with van der Waals surface area (Å²) < 4.78 is 12.7. The van der Waals surface area contributed by atoms with E-state index in [1.807, 2.05) is 4.68 Å². The molecule has 1 fully saturated rings. The lowest BCUT2D eigenvalue weighted by atomic mass is 9.75. The molecule has 1 aromatic heterocycles. The number of methoxy groups -OCH3 is 2. The van der Waals surface area contributed by atoms with Crippen LogP contribution < -0.4 is 4.74 Å². The Bertz CT molecular complexity index is 407. The fourth-order valence-electron chi connectivity index (χ4n) is 2.77. The Morgan fingerprint density at radius 2 is 2.21 bits per heavy atom. The molecule has 1 aromatic rings. The summed E-state index contributed by atoms with van der Waals surface area (Å²) >= 11 is 0. The normalized spacial score (nSPS) is 18.9. The average molecular weight is 268 g/mol. The van der Waals surface area contributed by atoms with Gasteiger partial charge in [0, 0.05) is 20.1 Å². The highest BCUT2D eigenvalue weighted by Crippen LogP contribution is 2.43. The van der Waals surface area contributed by atoms with E-state index in [-0.39, 0.29) is 5.60 Å². The van der Waals surface area contributed by atoms with Crippen LogP contribution in [0.5, 0.6) is 5.75 Å². The van der Waals surface area contributed by atoms with Crippen molar-refractivity contribution in [1.29, 1.82) is 0 Å². The molecule has 19 heavy (non-hydrogen) atoms. The van der Waals surface area contributed by atoms with Crippen LogP contribution in [0.4, 0.5) is 0 Å². The van der Waals surface area contributed by atoms with Gasteiger partial charge < -0.3 is 14.6 Å². The first-order chi connectivity index (χ1) is 9.15. The minimum atomic E-state index is -0.593. The second-order valence-electron chi connectivity index (χ2n) is 5.28. The average Bonchev–Trinajstić information content (AvgIpc) is 2.77. The topological polar surface area (TPSA) is 56.5 Å². The highest BCUT2D eigenvalue weighted by atomic mass is 16.5. The van der Waals surface area contributed by atoms with Gasteiger partial charge in [-0.15, -0.1) is 0 Å². The maximum Gasteiger partial charge on any atom is 0.162 e. The zero-order valence-electron chi connectivity index (χ0n) is 12.1. The molecular weight excluding hydrogens is 244 g/mol. The van der Waals surface area contributed by atoms with Crippen LogP contribution in [0.1, 0.15) is 50.8 Å². The Morgan fingerprint density at radius 3 is 2.68 bits per heavy atom. The number of aliphatic hydroxyl groups is 1. The molecule has 0 bridgehead atoms. The van der Waals surface area contributed by atoms with E-state index in [0.29, 0.717) is 12.2 Å². The predicted molar refractivity (Wildman–Crippen MR) is 72.2 cm³/mol. The maximum absolute atomic E-state index is 10.5. The van der Waals surface area contributed by atoms with Crippen LogP contribution in [-0.4, -0.2) is 34.7 Å². The molecule has 1 aliphatic carbocycles. The van der Waals surface area contributed by atoms with Gasteiger partial charge in [-0.05, 0) is 25.7 Å². The Morgan fingerprint density at radius 1 is 1.47 bits per heavy atom. The molecular formula is C14H24N2O3. The number of rotatable bonds is 7. The van der Waals surface area contributed by atoms with E-state index in [1.54, 1.807) is 20.4 Å². The highest BCUT2D eigenvalue weighted by Gasteiger charge is 2.40. The first-order valence-electron chi connectivity index (χ1n) is 6.98. The van der Waals surface area contributed by atoms with E-state index >= 15 is 0 Å². The van der Waals surface area contributed by atoms with Crippen LogP contribution >= 0.6 is 0 Å². The fraction of sp³-hybridized carbons (Fsp3) is 0.786. The summed E-state index contributed by atoms with van der Waals surface area (Å²) in [6, 6.07) is 0. The Labute approximate surface area is 114 Å². The molecule has 0 radical (unpaired) electrons. The molecule has 2 rings (SSSR count). The van der Waals surface area contributed by atoms with Crippen LogP contribution in [0.15, 0.2) is 6.20 Å². The van der Waals surface area contributed by atoms with E-state index < -0.39 is 6.10 Å². The van der Waals surface area contributed by atoms with E-state index in [2.05, 4.69) is 12.0 Å². The van der Waals surface area contributed by atoms with E-state index in [0.717, 1.165) is 31.5 Å². The second kappa shape index (κ2) is 5.92. The summed E-state index contributed by atoms with van der Waals surface area (Å²) in [5, 5.41) is 14.8. The third-order valence-electron chi connectivity index (χ3n) is 4.08. The van der Waals surface area contributed by atoms with E-state index in [9.17, 15) is 5.11 Å². The minimum absolute atomic E-state index is 0.161. The molecule has 1 N–H and O–H groups in total. The first kappa shape index (κ1) is 14.3.